The van der Waals surface area contributed by atoms with Gasteiger partial charge in [-0.2, -0.15) is 0 Å². The third-order valence-electron chi connectivity index (χ3n) is 2.79. The molecule has 0 aliphatic heterocycles. The first kappa shape index (κ1) is 15.3. The van der Waals surface area contributed by atoms with Crippen molar-refractivity contribution in [2.24, 2.45) is 5.73 Å². The lowest BCUT2D eigenvalue weighted by Gasteiger charge is -2.14. The van der Waals surface area contributed by atoms with Crippen molar-refractivity contribution in [3.05, 3.63) is 23.8 Å². The van der Waals surface area contributed by atoms with E-state index in [0.717, 1.165) is 5.56 Å². The summed E-state index contributed by atoms with van der Waals surface area (Å²) in [4.78, 5) is 13.0. The molecule has 0 fully saturated rings. The molecule has 2 N–H and O–H groups in total. The van der Waals surface area contributed by atoms with Crippen molar-refractivity contribution >= 4 is 5.91 Å². The molecule has 1 amide bonds. The Bertz CT molecular complexity index is 431. The Morgan fingerprint density at radius 3 is 2.58 bits per heavy atom. The van der Waals surface area contributed by atoms with Crippen molar-refractivity contribution in [2.45, 2.75) is 19.4 Å². The summed E-state index contributed by atoms with van der Waals surface area (Å²) in [5.41, 5.74) is 6.79. The molecule has 0 aromatic heterocycles. The van der Waals surface area contributed by atoms with Gasteiger partial charge in [-0.1, -0.05) is 6.07 Å². The Morgan fingerprint density at radius 1 is 1.37 bits per heavy atom. The van der Waals surface area contributed by atoms with Gasteiger partial charge in [0.05, 0.1) is 20.1 Å². The van der Waals surface area contributed by atoms with E-state index >= 15 is 0 Å². The molecule has 1 unspecified atom stereocenters. The lowest BCUT2D eigenvalue weighted by Crippen LogP contribution is -2.23. The lowest BCUT2D eigenvalue weighted by atomic mass is 10.1. The number of nitrogens with zero attached hydrogens (tertiary/aromatic N) is 1. The minimum Gasteiger partial charge on any atom is -0.493 e. The Balaban J connectivity index is 2.65. The fraction of sp³-hybridized carbons (Fsp3) is 0.500. The summed E-state index contributed by atoms with van der Waals surface area (Å²) in [6, 6.07) is 5.51. The highest BCUT2D eigenvalue weighted by Gasteiger charge is 2.09. The number of ether oxygens (including phenoxy) is 2. The predicted octanol–water partition coefficient (Wildman–Crippen LogP) is 1.57. The first-order valence-electron chi connectivity index (χ1n) is 6.22. The molecule has 0 aliphatic rings. The van der Waals surface area contributed by atoms with Crippen LogP contribution in [0, 0.1) is 0 Å². The summed E-state index contributed by atoms with van der Waals surface area (Å²) in [5.74, 6) is 1.29. The second-order valence-corrected chi connectivity index (χ2v) is 4.59. The quantitative estimate of drug-likeness (QED) is 0.849. The normalized spacial score (nSPS) is 11.8. The van der Waals surface area contributed by atoms with Gasteiger partial charge in [-0.15, -0.1) is 0 Å². The molecule has 1 aromatic carbocycles. The maximum Gasteiger partial charge on any atom is 0.225 e. The molecular formula is C14H22N2O3. The molecule has 0 aliphatic carbocycles. The molecule has 19 heavy (non-hydrogen) atoms. The van der Waals surface area contributed by atoms with Crippen LogP contribution in [0.15, 0.2) is 18.2 Å². The second kappa shape index (κ2) is 6.99. The monoisotopic (exact) mass is 266 g/mol. The van der Waals surface area contributed by atoms with Crippen LogP contribution in [0.5, 0.6) is 11.5 Å². The van der Waals surface area contributed by atoms with Gasteiger partial charge in [0.25, 0.3) is 0 Å². The van der Waals surface area contributed by atoms with Crippen molar-refractivity contribution in [3.8, 4) is 11.5 Å². The number of hydrogen-bond donors (Lipinski definition) is 1. The predicted molar refractivity (Wildman–Crippen MR) is 74.4 cm³/mol. The zero-order valence-electron chi connectivity index (χ0n) is 12.0. The van der Waals surface area contributed by atoms with Gasteiger partial charge in [-0.3, -0.25) is 4.79 Å². The van der Waals surface area contributed by atoms with Crippen LogP contribution in [0.2, 0.25) is 0 Å². The molecule has 5 heteroatoms. The molecule has 0 radical (unpaired) electrons. The van der Waals surface area contributed by atoms with Gasteiger partial charge in [0.1, 0.15) is 0 Å². The van der Waals surface area contributed by atoms with Crippen molar-refractivity contribution in [1.29, 1.82) is 0 Å². The van der Waals surface area contributed by atoms with Crippen LogP contribution in [0.1, 0.15) is 24.9 Å². The topological polar surface area (TPSA) is 64.8 Å². The van der Waals surface area contributed by atoms with E-state index in [1.165, 1.54) is 0 Å². The van der Waals surface area contributed by atoms with E-state index in [9.17, 15) is 4.79 Å². The standard InChI is InChI=1S/C14H22N2O3/c1-10(15)11-5-6-12(13(9-11)18-4)19-8-7-14(17)16(2)3/h5-6,9-10H,7-8,15H2,1-4H3. The summed E-state index contributed by atoms with van der Waals surface area (Å²) in [6.07, 6.45) is 0.338. The molecule has 1 aromatic rings. The second-order valence-electron chi connectivity index (χ2n) is 4.59. The molecular weight excluding hydrogens is 244 g/mol. The Hall–Kier alpha value is -1.75. The van der Waals surface area contributed by atoms with Crippen molar-refractivity contribution in [1.82, 2.24) is 4.90 Å². The van der Waals surface area contributed by atoms with Crippen LogP contribution in [-0.2, 0) is 4.79 Å². The van der Waals surface area contributed by atoms with E-state index in [4.69, 9.17) is 15.2 Å². The molecule has 0 heterocycles. The summed E-state index contributed by atoms with van der Waals surface area (Å²) in [5, 5.41) is 0. The fourth-order valence-corrected chi connectivity index (χ4v) is 1.56. The van der Waals surface area contributed by atoms with Crippen LogP contribution >= 0.6 is 0 Å². The summed E-state index contributed by atoms with van der Waals surface area (Å²) < 4.78 is 10.8. The fourth-order valence-electron chi connectivity index (χ4n) is 1.56. The van der Waals surface area contributed by atoms with E-state index in [2.05, 4.69) is 0 Å². The Morgan fingerprint density at radius 2 is 2.05 bits per heavy atom. The van der Waals surface area contributed by atoms with E-state index in [0.29, 0.717) is 24.5 Å². The summed E-state index contributed by atoms with van der Waals surface area (Å²) in [6.45, 7) is 2.23. The highest BCUT2D eigenvalue weighted by Crippen LogP contribution is 2.29. The van der Waals surface area contributed by atoms with Gasteiger partial charge in [-0.05, 0) is 24.6 Å². The molecule has 0 spiro atoms. The number of amides is 1. The number of carbonyl (C=O) groups is 1. The third-order valence-corrected chi connectivity index (χ3v) is 2.79. The van der Waals surface area contributed by atoms with Crippen molar-refractivity contribution < 1.29 is 14.3 Å². The van der Waals surface area contributed by atoms with E-state index in [-0.39, 0.29) is 11.9 Å². The number of hydrogen-bond acceptors (Lipinski definition) is 4. The van der Waals surface area contributed by atoms with Gasteiger partial charge in [0.15, 0.2) is 11.5 Å². The minimum absolute atomic E-state index is 0.0335. The molecule has 1 atom stereocenters. The minimum atomic E-state index is -0.0572. The third kappa shape index (κ3) is 4.44. The van der Waals surface area contributed by atoms with E-state index in [1.54, 1.807) is 26.1 Å². The van der Waals surface area contributed by atoms with Gasteiger partial charge in [0, 0.05) is 20.1 Å². The highest BCUT2D eigenvalue weighted by atomic mass is 16.5. The zero-order chi connectivity index (χ0) is 14.4. The molecule has 106 valence electrons. The average molecular weight is 266 g/mol. The zero-order valence-corrected chi connectivity index (χ0v) is 12.0. The van der Waals surface area contributed by atoms with Crippen LogP contribution in [0.25, 0.3) is 0 Å². The number of carbonyl (C=O) groups excluding carboxylic acids is 1. The number of nitrogens with two attached hydrogens (primary N) is 1. The largest absolute Gasteiger partial charge is 0.493 e. The lowest BCUT2D eigenvalue weighted by molar-refractivity contribution is -0.129. The molecule has 1 rings (SSSR count). The number of rotatable bonds is 6. The summed E-state index contributed by atoms with van der Waals surface area (Å²) >= 11 is 0. The maximum atomic E-state index is 11.4. The highest BCUT2D eigenvalue weighted by molar-refractivity contribution is 5.75. The molecule has 0 saturated carbocycles. The molecule has 5 nitrogen and oxygen atoms in total. The van der Waals surface area contributed by atoms with Crippen LogP contribution < -0.4 is 15.2 Å². The van der Waals surface area contributed by atoms with Crippen LogP contribution in [0.3, 0.4) is 0 Å². The average Bonchev–Trinajstić information content (AvgIpc) is 2.38. The summed E-state index contributed by atoms with van der Waals surface area (Å²) in [7, 11) is 5.03. The van der Waals surface area contributed by atoms with Gasteiger partial charge in [0.2, 0.25) is 5.91 Å². The first-order chi connectivity index (χ1) is 8.95. The van der Waals surface area contributed by atoms with Crippen LogP contribution in [0.4, 0.5) is 0 Å². The van der Waals surface area contributed by atoms with Crippen molar-refractivity contribution in [2.75, 3.05) is 27.8 Å². The Kier molecular flexibility index (Phi) is 5.63. The van der Waals surface area contributed by atoms with E-state index < -0.39 is 0 Å². The molecule has 0 bridgehead atoms. The van der Waals surface area contributed by atoms with E-state index in [1.807, 2.05) is 25.1 Å². The molecule has 0 saturated heterocycles. The number of benzene rings is 1. The van der Waals surface area contributed by atoms with Crippen LogP contribution in [-0.4, -0.2) is 38.6 Å². The maximum absolute atomic E-state index is 11.4. The van der Waals surface area contributed by atoms with Gasteiger partial charge in [-0.25, -0.2) is 0 Å². The number of methoxy groups -OCH3 is 1. The van der Waals surface area contributed by atoms with Gasteiger partial charge >= 0.3 is 0 Å². The smallest absolute Gasteiger partial charge is 0.225 e. The van der Waals surface area contributed by atoms with Gasteiger partial charge < -0.3 is 20.1 Å². The van der Waals surface area contributed by atoms with Crippen molar-refractivity contribution in [3.63, 3.8) is 0 Å². The SMILES string of the molecule is COc1cc(C(C)N)ccc1OCCC(=O)N(C)C. The first-order valence-corrected chi connectivity index (χ1v) is 6.22. The Labute approximate surface area is 114 Å².